The van der Waals surface area contributed by atoms with Gasteiger partial charge in [-0.1, -0.05) is 61.5 Å². The predicted octanol–water partition coefficient (Wildman–Crippen LogP) is 4.76. The Bertz CT molecular complexity index is 1380. The first-order valence-corrected chi connectivity index (χ1v) is 15.7. The molecule has 3 aromatic carbocycles. The van der Waals surface area contributed by atoms with Gasteiger partial charge in [-0.15, -0.1) is 0 Å². The second-order valence-corrected chi connectivity index (χ2v) is 11.9. The molecule has 0 heterocycles. The third kappa shape index (κ3) is 10.0. The van der Waals surface area contributed by atoms with Gasteiger partial charge in [0.05, 0.1) is 11.0 Å². The SMILES string of the molecule is CCNS(=O)(=O)c1ccc(CCC(=O)N(Cc2ccc(F)cc2)[C@@H](C(=O)NCCCOC(C)C)c2ccccc2)cc1. The molecular formula is C32H40FN3O5S. The van der Waals surface area contributed by atoms with E-state index in [1.807, 2.05) is 32.0 Å². The van der Waals surface area contributed by atoms with Crippen molar-refractivity contribution in [2.24, 2.45) is 0 Å². The average Bonchev–Trinajstić information content (AvgIpc) is 2.97. The number of halogens is 1. The lowest BCUT2D eigenvalue weighted by molar-refractivity contribution is -0.141. The molecule has 1 atom stereocenters. The van der Waals surface area contributed by atoms with Gasteiger partial charge in [0, 0.05) is 32.7 Å². The first-order valence-electron chi connectivity index (χ1n) is 14.2. The highest BCUT2D eigenvalue weighted by atomic mass is 32.2. The van der Waals surface area contributed by atoms with Crippen molar-refractivity contribution in [3.05, 3.63) is 101 Å². The lowest BCUT2D eigenvalue weighted by Gasteiger charge is -2.32. The van der Waals surface area contributed by atoms with Crippen LogP contribution < -0.4 is 10.0 Å². The van der Waals surface area contributed by atoms with E-state index in [-0.39, 0.29) is 42.3 Å². The van der Waals surface area contributed by atoms with Crippen LogP contribution in [-0.2, 0) is 37.3 Å². The van der Waals surface area contributed by atoms with Crippen LogP contribution in [0.1, 0.15) is 56.3 Å². The Morgan fingerprint density at radius 1 is 0.929 bits per heavy atom. The van der Waals surface area contributed by atoms with Gasteiger partial charge in [0.2, 0.25) is 21.8 Å². The highest BCUT2D eigenvalue weighted by molar-refractivity contribution is 7.89. The minimum atomic E-state index is -3.58. The molecule has 0 fully saturated rings. The molecule has 0 aliphatic carbocycles. The van der Waals surface area contributed by atoms with Crippen LogP contribution in [0.3, 0.4) is 0 Å². The second-order valence-electron chi connectivity index (χ2n) is 10.2. The van der Waals surface area contributed by atoms with Gasteiger partial charge >= 0.3 is 0 Å². The van der Waals surface area contributed by atoms with Crippen LogP contribution in [0.5, 0.6) is 0 Å². The summed E-state index contributed by atoms with van der Waals surface area (Å²) >= 11 is 0. The number of benzene rings is 3. The van der Waals surface area contributed by atoms with E-state index in [0.29, 0.717) is 37.1 Å². The third-order valence-corrected chi connectivity index (χ3v) is 8.09. The number of carbonyl (C=O) groups excluding carboxylic acids is 2. The molecule has 0 saturated carbocycles. The number of aryl methyl sites for hydroxylation is 1. The summed E-state index contributed by atoms with van der Waals surface area (Å²) in [5.74, 6) is -0.979. The van der Waals surface area contributed by atoms with E-state index in [9.17, 15) is 22.4 Å². The number of nitrogens with zero attached hydrogens (tertiary/aromatic N) is 1. The maximum atomic E-state index is 13.8. The van der Waals surface area contributed by atoms with Gasteiger partial charge in [-0.3, -0.25) is 9.59 Å². The number of hydrogen-bond acceptors (Lipinski definition) is 5. The Morgan fingerprint density at radius 3 is 2.19 bits per heavy atom. The van der Waals surface area contributed by atoms with Gasteiger partial charge in [0.25, 0.3) is 0 Å². The van der Waals surface area contributed by atoms with E-state index in [1.165, 1.54) is 29.2 Å². The Kier molecular flexibility index (Phi) is 12.7. The zero-order valence-electron chi connectivity index (χ0n) is 24.4. The summed E-state index contributed by atoms with van der Waals surface area (Å²) in [4.78, 5) is 29.1. The zero-order chi connectivity index (χ0) is 30.5. The normalized spacial score (nSPS) is 12.2. The number of nitrogens with one attached hydrogen (secondary N) is 2. The molecule has 2 N–H and O–H groups in total. The summed E-state index contributed by atoms with van der Waals surface area (Å²) in [7, 11) is -3.58. The molecular weight excluding hydrogens is 557 g/mol. The lowest BCUT2D eigenvalue weighted by atomic mass is 10.0. The molecule has 8 nitrogen and oxygen atoms in total. The molecule has 10 heteroatoms. The fourth-order valence-electron chi connectivity index (χ4n) is 4.42. The van der Waals surface area contributed by atoms with Crippen molar-refractivity contribution in [3.63, 3.8) is 0 Å². The summed E-state index contributed by atoms with van der Waals surface area (Å²) in [6.45, 7) is 6.87. The summed E-state index contributed by atoms with van der Waals surface area (Å²) in [6, 6.07) is 20.4. The molecule has 0 aromatic heterocycles. The van der Waals surface area contributed by atoms with E-state index in [1.54, 1.807) is 43.3 Å². The van der Waals surface area contributed by atoms with Gasteiger partial charge in [-0.25, -0.2) is 17.5 Å². The van der Waals surface area contributed by atoms with Crippen LogP contribution in [0, 0.1) is 5.82 Å². The summed E-state index contributed by atoms with van der Waals surface area (Å²) in [5, 5.41) is 2.95. The Balaban J connectivity index is 1.83. The Hall–Kier alpha value is -3.60. The van der Waals surface area contributed by atoms with Crippen molar-refractivity contribution in [1.82, 2.24) is 14.9 Å². The highest BCUT2D eigenvalue weighted by Gasteiger charge is 2.31. The minimum absolute atomic E-state index is 0.0827. The lowest BCUT2D eigenvalue weighted by Crippen LogP contribution is -2.44. The Labute approximate surface area is 248 Å². The molecule has 0 radical (unpaired) electrons. The van der Waals surface area contributed by atoms with Crippen molar-refractivity contribution < 1.29 is 27.1 Å². The standard InChI is InChI=1S/C32H40FN3O5S/c1-4-35-42(39,40)29-18-13-25(14-19-29)15-20-30(37)36(23-26-11-16-28(33)17-12-26)31(27-9-6-5-7-10-27)32(38)34-21-8-22-41-24(2)3/h5-7,9-14,16-19,24,31,35H,4,8,15,20-23H2,1-3H3,(H,34,38)/t31-/m1/s1. The number of ether oxygens (including phenoxy) is 1. The summed E-state index contributed by atoms with van der Waals surface area (Å²) in [5.41, 5.74) is 2.12. The molecule has 0 bridgehead atoms. The summed E-state index contributed by atoms with van der Waals surface area (Å²) < 4.78 is 46.2. The molecule has 42 heavy (non-hydrogen) atoms. The number of rotatable bonds is 16. The number of hydrogen-bond donors (Lipinski definition) is 2. The first-order chi connectivity index (χ1) is 20.1. The molecule has 3 aromatic rings. The van der Waals surface area contributed by atoms with Gasteiger partial charge in [-0.05, 0) is 67.6 Å². The van der Waals surface area contributed by atoms with Crippen LogP contribution in [-0.4, -0.2) is 50.9 Å². The van der Waals surface area contributed by atoms with Crippen LogP contribution >= 0.6 is 0 Å². The maximum Gasteiger partial charge on any atom is 0.247 e. The second kappa shape index (κ2) is 16.1. The Morgan fingerprint density at radius 2 is 1.57 bits per heavy atom. The van der Waals surface area contributed by atoms with Crippen molar-refractivity contribution in [2.45, 2.75) is 63.6 Å². The zero-order valence-corrected chi connectivity index (χ0v) is 25.2. The monoisotopic (exact) mass is 597 g/mol. The minimum Gasteiger partial charge on any atom is -0.379 e. The molecule has 3 rings (SSSR count). The van der Waals surface area contributed by atoms with E-state index >= 15 is 0 Å². The van der Waals surface area contributed by atoms with Gasteiger partial charge in [-0.2, -0.15) is 0 Å². The van der Waals surface area contributed by atoms with Crippen molar-refractivity contribution in [2.75, 3.05) is 19.7 Å². The number of sulfonamides is 1. The fourth-order valence-corrected chi connectivity index (χ4v) is 5.46. The fraction of sp³-hybridized carbons (Fsp3) is 0.375. The molecule has 0 spiro atoms. The van der Waals surface area contributed by atoms with Crippen LogP contribution in [0.2, 0.25) is 0 Å². The van der Waals surface area contributed by atoms with E-state index in [4.69, 9.17) is 4.74 Å². The summed E-state index contributed by atoms with van der Waals surface area (Å²) in [6.07, 6.45) is 1.14. The number of amides is 2. The third-order valence-electron chi connectivity index (χ3n) is 6.53. The quantitative estimate of drug-likeness (QED) is 0.232. The van der Waals surface area contributed by atoms with Crippen molar-refractivity contribution in [3.8, 4) is 0 Å². The topological polar surface area (TPSA) is 105 Å². The van der Waals surface area contributed by atoms with E-state index < -0.39 is 21.9 Å². The van der Waals surface area contributed by atoms with Gasteiger partial charge in [0.1, 0.15) is 11.9 Å². The van der Waals surface area contributed by atoms with Crippen LogP contribution in [0.25, 0.3) is 0 Å². The van der Waals surface area contributed by atoms with Crippen LogP contribution in [0.4, 0.5) is 4.39 Å². The maximum absolute atomic E-state index is 13.8. The van der Waals surface area contributed by atoms with E-state index in [2.05, 4.69) is 10.0 Å². The van der Waals surface area contributed by atoms with Crippen LogP contribution in [0.15, 0.2) is 83.8 Å². The largest absolute Gasteiger partial charge is 0.379 e. The average molecular weight is 598 g/mol. The van der Waals surface area contributed by atoms with Gasteiger partial charge < -0.3 is 15.0 Å². The smallest absolute Gasteiger partial charge is 0.247 e. The van der Waals surface area contributed by atoms with E-state index in [0.717, 1.165) is 5.56 Å². The molecule has 0 aliphatic rings. The van der Waals surface area contributed by atoms with Crippen molar-refractivity contribution >= 4 is 21.8 Å². The first kappa shape index (κ1) is 32.9. The molecule has 0 aliphatic heterocycles. The molecule has 0 saturated heterocycles. The number of carbonyl (C=O) groups is 2. The highest BCUT2D eigenvalue weighted by Crippen LogP contribution is 2.25. The molecule has 2 amide bonds. The molecule has 226 valence electrons. The van der Waals surface area contributed by atoms with Gasteiger partial charge in [0.15, 0.2) is 0 Å². The van der Waals surface area contributed by atoms with Crippen molar-refractivity contribution in [1.29, 1.82) is 0 Å². The predicted molar refractivity (Wildman–Crippen MR) is 160 cm³/mol. The molecule has 0 unspecified atom stereocenters.